The molecule has 0 spiro atoms. The Bertz CT molecular complexity index is 607. The van der Waals surface area contributed by atoms with Crippen molar-refractivity contribution in [3.63, 3.8) is 0 Å². The third-order valence-electron chi connectivity index (χ3n) is 4.18. The van der Waals surface area contributed by atoms with Crippen molar-refractivity contribution in [1.29, 1.82) is 0 Å². The van der Waals surface area contributed by atoms with Gasteiger partial charge in [-0.3, -0.25) is 0 Å². The third kappa shape index (κ3) is 4.44. The second-order valence-electron chi connectivity index (χ2n) is 8.73. The highest BCUT2D eigenvalue weighted by atomic mass is 32.2. The van der Waals surface area contributed by atoms with Crippen LogP contribution in [0, 0.1) is 10.8 Å². The van der Waals surface area contributed by atoms with Gasteiger partial charge in [-0.25, -0.2) is 0 Å². The van der Waals surface area contributed by atoms with Gasteiger partial charge in [0.05, 0.1) is 0 Å². The molecule has 23 heavy (non-hydrogen) atoms. The molecule has 1 atom stereocenters. The fraction of sp³-hybridized carbons (Fsp3) is 0.524. The zero-order chi connectivity index (χ0) is 17.4. The summed E-state index contributed by atoms with van der Waals surface area (Å²) in [4.78, 5) is 3.62. The summed E-state index contributed by atoms with van der Waals surface area (Å²) >= 11 is 2.03. The molecule has 1 nitrogen and oxygen atoms in total. The zero-order valence-electron chi connectivity index (χ0n) is 15.9. The first-order valence-electron chi connectivity index (χ1n) is 8.37. The fourth-order valence-electron chi connectivity index (χ4n) is 2.51. The van der Waals surface area contributed by atoms with Crippen molar-refractivity contribution >= 4 is 23.0 Å². The van der Waals surface area contributed by atoms with Gasteiger partial charge in [-0.15, -0.1) is 11.8 Å². The Morgan fingerprint density at radius 3 is 1.91 bits per heavy atom. The smallest absolute Gasteiger partial charge is 0.0361 e. The molecule has 0 saturated carbocycles. The Hall–Kier alpha value is -1.15. The van der Waals surface area contributed by atoms with Crippen LogP contribution in [-0.2, 0) is 0 Å². The van der Waals surface area contributed by atoms with Gasteiger partial charge in [0.2, 0.25) is 0 Å². The van der Waals surface area contributed by atoms with Crippen LogP contribution >= 0.6 is 11.8 Å². The predicted molar refractivity (Wildman–Crippen MR) is 107 cm³/mol. The Morgan fingerprint density at radius 2 is 1.48 bits per heavy atom. The molecule has 2 heteroatoms. The lowest BCUT2D eigenvalue weighted by Crippen LogP contribution is -2.25. The van der Waals surface area contributed by atoms with Gasteiger partial charge < -0.3 is 4.90 Å². The monoisotopic (exact) mass is 329 g/mol. The Balaban J connectivity index is 2.44. The number of rotatable bonds is 2. The van der Waals surface area contributed by atoms with E-state index in [-0.39, 0.29) is 10.8 Å². The summed E-state index contributed by atoms with van der Waals surface area (Å²) in [6.07, 6.45) is 4.84. The van der Waals surface area contributed by atoms with Gasteiger partial charge in [-0.1, -0.05) is 59.8 Å². The Kier molecular flexibility index (Phi) is 5.06. The van der Waals surface area contributed by atoms with Gasteiger partial charge in [-0.2, -0.15) is 0 Å². The molecule has 0 amide bonds. The first kappa shape index (κ1) is 18.2. The molecular formula is C21H31NS. The number of anilines is 1. The van der Waals surface area contributed by atoms with Gasteiger partial charge in [0.1, 0.15) is 0 Å². The van der Waals surface area contributed by atoms with E-state index in [0.717, 1.165) is 0 Å². The van der Waals surface area contributed by atoms with Crippen LogP contribution in [0.3, 0.4) is 0 Å². The van der Waals surface area contributed by atoms with Crippen molar-refractivity contribution in [3.8, 4) is 0 Å². The lowest BCUT2D eigenvalue weighted by molar-refractivity contribution is 0.431. The minimum absolute atomic E-state index is 0.192. The third-order valence-corrected chi connectivity index (χ3v) is 6.26. The minimum Gasteiger partial charge on any atom is -0.378 e. The first-order chi connectivity index (χ1) is 10.5. The normalized spacial score (nSPS) is 19.2. The maximum atomic E-state index is 2.45. The van der Waals surface area contributed by atoms with Crippen molar-refractivity contribution < 1.29 is 0 Å². The number of allylic oxidation sites excluding steroid dienone is 3. The van der Waals surface area contributed by atoms with Crippen LogP contribution in [-0.4, -0.2) is 19.3 Å². The number of hydrogen-bond acceptors (Lipinski definition) is 2. The molecule has 126 valence electrons. The number of benzene rings is 1. The van der Waals surface area contributed by atoms with Crippen molar-refractivity contribution in [2.75, 3.05) is 19.0 Å². The first-order valence-corrected chi connectivity index (χ1v) is 9.25. The van der Waals surface area contributed by atoms with Crippen LogP contribution < -0.4 is 4.90 Å². The van der Waals surface area contributed by atoms with E-state index in [1.165, 1.54) is 21.7 Å². The quantitative estimate of drug-likeness (QED) is 0.633. The average Bonchev–Trinajstić information content (AvgIpc) is 2.45. The molecule has 1 aromatic carbocycles. The van der Waals surface area contributed by atoms with Gasteiger partial charge in [0, 0.05) is 25.0 Å². The van der Waals surface area contributed by atoms with Crippen LogP contribution in [0.4, 0.5) is 5.69 Å². The van der Waals surface area contributed by atoms with Crippen molar-refractivity contribution in [2.24, 2.45) is 10.8 Å². The van der Waals surface area contributed by atoms with Crippen LogP contribution in [0.2, 0.25) is 0 Å². The van der Waals surface area contributed by atoms with E-state index in [4.69, 9.17) is 0 Å². The Labute approximate surface area is 146 Å². The molecule has 1 aliphatic heterocycles. The molecule has 0 bridgehead atoms. The molecule has 0 radical (unpaired) electrons. The molecule has 0 saturated heterocycles. The van der Waals surface area contributed by atoms with Crippen LogP contribution in [0.25, 0.3) is 5.57 Å². The van der Waals surface area contributed by atoms with Crippen molar-refractivity contribution in [1.82, 2.24) is 0 Å². The summed E-state index contributed by atoms with van der Waals surface area (Å²) in [6.45, 7) is 13.9. The molecule has 1 unspecified atom stereocenters. The average molecular weight is 330 g/mol. The Morgan fingerprint density at radius 1 is 0.913 bits per heavy atom. The largest absolute Gasteiger partial charge is 0.378 e. The maximum Gasteiger partial charge on any atom is 0.0361 e. The molecule has 1 aromatic rings. The predicted octanol–water partition coefficient (Wildman–Crippen LogP) is 6.23. The molecule has 0 aromatic heterocycles. The highest BCUT2D eigenvalue weighted by Crippen LogP contribution is 2.47. The van der Waals surface area contributed by atoms with Gasteiger partial charge >= 0.3 is 0 Å². The van der Waals surface area contributed by atoms with Crippen LogP contribution in [0.15, 0.2) is 41.3 Å². The molecule has 0 fully saturated rings. The van der Waals surface area contributed by atoms with Crippen molar-refractivity contribution in [3.05, 3.63) is 46.9 Å². The summed E-state index contributed by atoms with van der Waals surface area (Å²) in [5, 5.41) is 0.505. The molecule has 1 aliphatic rings. The van der Waals surface area contributed by atoms with Gasteiger partial charge in [0.15, 0.2) is 0 Å². The van der Waals surface area contributed by atoms with E-state index in [2.05, 4.69) is 97.0 Å². The van der Waals surface area contributed by atoms with E-state index in [1.807, 2.05) is 11.8 Å². The highest BCUT2D eigenvalue weighted by Gasteiger charge is 2.31. The fourth-order valence-corrected chi connectivity index (χ4v) is 3.90. The topological polar surface area (TPSA) is 3.24 Å². The van der Waals surface area contributed by atoms with Gasteiger partial charge in [0.25, 0.3) is 0 Å². The SMILES string of the molecule is CN(C)c1ccc(C2=CC(C(C)(C)C)SC(C(C)(C)C)=C2)cc1. The zero-order valence-corrected chi connectivity index (χ0v) is 16.7. The minimum atomic E-state index is 0.192. The number of thioether (sulfide) groups is 1. The van der Waals surface area contributed by atoms with E-state index in [9.17, 15) is 0 Å². The van der Waals surface area contributed by atoms with Crippen LogP contribution in [0.1, 0.15) is 47.1 Å². The molecule has 0 aliphatic carbocycles. The molecule has 0 N–H and O–H groups in total. The molecular weight excluding hydrogens is 298 g/mol. The highest BCUT2D eigenvalue weighted by molar-refractivity contribution is 8.04. The molecule has 1 heterocycles. The molecule has 2 rings (SSSR count). The summed E-state index contributed by atoms with van der Waals surface area (Å²) in [6, 6.07) is 8.89. The second kappa shape index (κ2) is 6.39. The number of nitrogens with zero attached hydrogens (tertiary/aromatic N) is 1. The van der Waals surface area contributed by atoms with Crippen molar-refractivity contribution in [2.45, 2.75) is 46.8 Å². The lowest BCUT2D eigenvalue weighted by atomic mass is 9.87. The van der Waals surface area contributed by atoms with Gasteiger partial charge in [-0.05, 0) is 45.1 Å². The summed E-state index contributed by atoms with van der Waals surface area (Å²) in [5.41, 5.74) is 4.36. The maximum absolute atomic E-state index is 2.45. The van der Waals surface area contributed by atoms with E-state index in [0.29, 0.717) is 5.25 Å². The summed E-state index contributed by atoms with van der Waals surface area (Å²) in [7, 11) is 4.16. The second-order valence-corrected chi connectivity index (χ2v) is 9.91. The number of hydrogen-bond donors (Lipinski definition) is 0. The van der Waals surface area contributed by atoms with E-state index < -0.39 is 0 Å². The lowest BCUT2D eigenvalue weighted by Gasteiger charge is -2.36. The van der Waals surface area contributed by atoms with Crippen LogP contribution in [0.5, 0.6) is 0 Å². The summed E-state index contributed by atoms with van der Waals surface area (Å²) in [5.74, 6) is 0. The summed E-state index contributed by atoms with van der Waals surface area (Å²) < 4.78 is 0. The standard InChI is InChI=1S/C21H31NS/c1-20(2,3)18-13-16(14-19(23-18)21(4,5)6)15-9-11-17(12-10-15)22(7)8/h9-14,18H,1-8H3. The van der Waals surface area contributed by atoms with E-state index >= 15 is 0 Å². The van der Waals surface area contributed by atoms with E-state index in [1.54, 1.807) is 0 Å².